The topological polar surface area (TPSA) is 104 Å². The summed E-state index contributed by atoms with van der Waals surface area (Å²) >= 11 is 0. The van der Waals surface area contributed by atoms with Crippen molar-refractivity contribution in [1.82, 2.24) is 19.1 Å². The van der Waals surface area contributed by atoms with E-state index >= 15 is 0 Å². The molecule has 0 aromatic heterocycles. The van der Waals surface area contributed by atoms with Crippen LogP contribution in [-0.4, -0.2) is 100 Å². The molecule has 2 unspecified atom stereocenters. The van der Waals surface area contributed by atoms with Crippen molar-refractivity contribution in [2.24, 2.45) is 5.10 Å². The van der Waals surface area contributed by atoms with Crippen LogP contribution in [0, 0.1) is 13.8 Å². The fourth-order valence-electron chi connectivity index (χ4n) is 5.34. The lowest BCUT2D eigenvalue weighted by Gasteiger charge is -2.32. The van der Waals surface area contributed by atoms with Gasteiger partial charge in [-0.3, -0.25) is 9.69 Å². The summed E-state index contributed by atoms with van der Waals surface area (Å²) in [5, 5.41) is 5.46. The summed E-state index contributed by atoms with van der Waals surface area (Å²) in [6.07, 6.45) is 2.64. The average molecular weight is 588 g/mol. The van der Waals surface area contributed by atoms with E-state index in [9.17, 15) is 13.2 Å². The number of carbonyl (C=O) groups is 1. The second-order valence-corrected chi connectivity index (χ2v) is 12.7. The largest absolute Gasteiger partial charge is 0.497 e. The Bertz CT molecular complexity index is 1330. The Labute approximate surface area is 243 Å². The number of amides is 1. The Morgan fingerprint density at radius 3 is 2.39 bits per heavy atom. The minimum Gasteiger partial charge on any atom is -0.497 e. The molecule has 0 saturated carbocycles. The molecular formula is C29H41N5O6S. The van der Waals surface area contributed by atoms with Gasteiger partial charge in [0.1, 0.15) is 12.4 Å². The van der Waals surface area contributed by atoms with Crippen molar-refractivity contribution in [3.8, 4) is 5.75 Å². The number of sulfonamides is 1. The highest BCUT2D eigenvalue weighted by Crippen LogP contribution is 2.28. The molecule has 0 bridgehead atoms. The zero-order valence-electron chi connectivity index (χ0n) is 24.7. The molecule has 2 atom stereocenters. The Morgan fingerprint density at radius 1 is 1.10 bits per heavy atom. The third-order valence-electron chi connectivity index (χ3n) is 7.57. The number of benzene rings is 2. The fourth-order valence-corrected chi connectivity index (χ4v) is 6.86. The van der Waals surface area contributed by atoms with Crippen LogP contribution in [0.1, 0.15) is 35.1 Å². The minimum atomic E-state index is -3.88. The lowest BCUT2D eigenvalue weighted by molar-refractivity contribution is -0.146. The summed E-state index contributed by atoms with van der Waals surface area (Å²) < 4.78 is 44.4. The van der Waals surface area contributed by atoms with Crippen molar-refractivity contribution < 1.29 is 27.4 Å². The number of ether oxygens (including phenoxy) is 3. The molecule has 2 aliphatic rings. The van der Waals surface area contributed by atoms with Crippen LogP contribution in [0.4, 0.5) is 0 Å². The number of hydrogen-bond donors (Lipinski definition) is 0. The van der Waals surface area contributed by atoms with Crippen molar-refractivity contribution in [2.45, 2.75) is 57.0 Å². The third-order valence-corrected chi connectivity index (χ3v) is 9.67. The van der Waals surface area contributed by atoms with Gasteiger partial charge < -0.3 is 19.1 Å². The molecular weight excluding hydrogens is 546 g/mol. The monoisotopic (exact) mass is 587 g/mol. The highest BCUT2D eigenvalue weighted by molar-refractivity contribution is 7.89. The number of methoxy groups -OCH3 is 2. The zero-order chi connectivity index (χ0) is 29.7. The lowest BCUT2D eigenvalue weighted by atomic mass is 10.1. The molecule has 224 valence electrons. The van der Waals surface area contributed by atoms with Gasteiger partial charge in [-0.1, -0.05) is 24.3 Å². The van der Waals surface area contributed by atoms with E-state index in [1.54, 1.807) is 45.0 Å². The maximum absolute atomic E-state index is 13.5. The van der Waals surface area contributed by atoms with Gasteiger partial charge in [0, 0.05) is 40.8 Å². The standard InChI is InChI=1S/C29H41N5O6S/c1-21-14-26(39-6)15-22(2)27(21)41(36,37)32(4)20-34-29(40-19-30-34)28(35)31(3)16-23-9-11-24(12-10-23)17-33-13-7-8-25(18-33)38-5/h9-12,14-15,19,25,29H,7-8,13,16-18,20H2,1-6H3. The zero-order valence-corrected chi connectivity index (χ0v) is 25.6. The molecule has 41 heavy (non-hydrogen) atoms. The molecule has 0 N–H and O–H groups in total. The number of aryl methyl sites for hydroxylation is 2. The summed E-state index contributed by atoms with van der Waals surface area (Å²) in [4.78, 5) is 17.5. The van der Waals surface area contributed by atoms with Gasteiger partial charge >= 0.3 is 0 Å². The first-order chi connectivity index (χ1) is 19.5. The number of rotatable bonds is 11. The van der Waals surface area contributed by atoms with E-state index in [-0.39, 0.29) is 17.5 Å². The molecule has 12 heteroatoms. The van der Waals surface area contributed by atoms with Crippen LogP contribution < -0.4 is 4.74 Å². The van der Waals surface area contributed by atoms with E-state index in [1.807, 2.05) is 12.1 Å². The predicted molar refractivity (Wildman–Crippen MR) is 156 cm³/mol. The number of piperidine rings is 1. The first-order valence-corrected chi connectivity index (χ1v) is 15.1. The molecule has 2 aromatic rings. The van der Waals surface area contributed by atoms with Crippen LogP contribution >= 0.6 is 0 Å². The summed E-state index contributed by atoms with van der Waals surface area (Å²) in [6, 6.07) is 11.6. The molecule has 4 rings (SSSR count). The van der Waals surface area contributed by atoms with Gasteiger partial charge in [0.25, 0.3) is 12.1 Å². The van der Waals surface area contributed by atoms with Crippen molar-refractivity contribution in [2.75, 3.05) is 48.1 Å². The molecule has 1 saturated heterocycles. The molecule has 0 radical (unpaired) electrons. The molecule has 1 amide bonds. The smallest absolute Gasteiger partial charge is 0.286 e. The molecule has 0 spiro atoms. The van der Waals surface area contributed by atoms with Crippen molar-refractivity contribution in [3.05, 3.63) is 58.7 Å². The predicted octanol–water partition coefficient (Wildman–Crippen LogP) is 2.76. The van der Waals surface area contributed by atoms with E-state index in [0.717, 1.165) is 42.3 Å². The highest BCUT2D eigenvalue weighted by atomic mass is 32.2. The van der Waals surface area contributed by atoms with E-state index in [0.29, 0.717) is 29.5 Å². The van der Waals surface area contributed by atoms with Crippen LogP contribution in [0.15, 0.2) is 46.4 Å². The number of likely N-dealkylation sites (tertiary alicyclic amines) is 1. The molecule has 2 aliphatic heterocycles. The van der Waals surface area contributed by atoms with Crippen molar-refractivity contribution in [3.63, 3.8) is 0 Å². The van der Waals surface area contributed by atoms with Crippen LogP contribution in [-0.2, 0) is 37.4 Å². The second-order valence-electron chi connectivity index (χ2n) is 10.7. The normalized spacial score (nSPS) is 19.4. The number of nitrogens with zero attached hydrogens (tertiary/aromatic N) is 5. The van der Waals surface area contributed by atoms with Crippen LogP contribution in [0.3, 0.4) is 0 Å². The molecule has 2 aromatic carbocycles. The Kier molecular flexibility index (Phi) is 9.90. The van der Waals surface area contributed by atoms with E-state index in [2.05, 4.69) is 22.1 Å². The molecule has 1 fully saturated rings. The van der Waals surface area contributed by atoms with Gasteiger partial charge in [-0.25, -0.2) is 13.4 Å². The Balaban J connectivity index is 1.36. The SMILES string of the molecule is COc1cc(C)c(S(=O)(=O)N(C)CN2N=COC2C(=O)N(C)Cc2ccc(CN3CCCC(OC)C3)cc2)c(C)c1. The number of hydrogen-bond acceptors (Lipinski definition) is 9. The van der Waals surface area contributed by atoms with Crippen molar-refractivity contribution >= 4 is 22.3 Å². The number of hydrazone groups is 1. The first kappa shape index (κ1) is 30.8. The molecule has 11 nitrogen and oxygen atoms in total. The third kappa shape index (κ3) is 7.18. The van der Waals surface area contributed by atoms with E-state index in [1.165, 1.54) is 31.1 Å². The average Bonchev–Trinajstić information content (AvgIpc) is 3.41. The van der Waals surface area contributed by atoms with Gasteiger partial charge in [-0.2, -0.15) is 4.31 Å². The summed E-state index contributed by atoms with van der Waals surface area (Å²) in [7, 11) is 2.58. The highest BCUT2D eigenvalue weighted by Gasteiger charge is 2.36. The van der Waals surface area contributed by atoms with Gasteiger partial charge in [0.15, 0.2) is 6.40 Å². The van der Waals surface area contributed by atoms with Crippen molar-refractivity contribution in [1.29, 1.82) is 0 Å². The minimum absolute atomic E-state index is 0.164. The van der Waals surface area contributed by atoms with Gasteiger partial charge in [0.2, 0.25) is 10.0 Å². The number of likely N-dealkylation sites (N-methyl/N-ethyl adjacent to an activating group) is 1. The Morgan fingerprint density at radius 2 is 1.76 bits per heavy atom. The maximum atomic E-state index is 13.5. The summed E-state index contributed by atoms with van der Waals surface area (Å²) in [5.41, 5.74) is 3.34. The van der Waals surface area contributed by atoms with E-state index < -0.39 is 16.3 Å². The number of carbonyl (C=O) groups excluding carboxylic acids is 1. The molecule has 2 heterocycles. The second kappa shape index (κ2) is 13.2. The van der Waals surface area contributed by atoms with Gasteiger partial charge in [-0.05, 0) is 67.6 Å². The quantitative estimate of drug-likeness (QED) is 0.396. The lowest BCUT2D eigenvalue weighted by Crippen LogP contribution is -2.48. The van der Waals surface area contributed by atoms with Crippen LogP contribution in [0.2, 0.25) is 0 Å². The maximum Gasteiger partial charge on any atom is 0.286 e. The first-order valence-electron chi connectivity index (χ1n) is 13.7. The van der Waals surface area contributed by atoms with Gasteiger partial charge in [0.05, 0.1) is 18.1 Å². The van der Waals surface area contributed by atoms with Gasteiger partial charge in [-0.15, -0.1) is 5.10 Å². The summed E-state index contributed by atoms with van der Waals surface area (Å²) in [5.74, 6) is 0.262. The summed E-state index contributed by atoms with van der Waals surface area (Å²) in [6.45, 7) is 6.53. The molecule has 0 aliphatic carbocycles. The van der Waals surface area contributed by atoms with Crippen LogP contribution in [0.5, 0.6) is 5.75 Å². The fraction of sp³-hybridized carbons (Fsp3) is 0.517. The van der Waals surface area contributed by atoms with Crippen LogP contribution in [0.25, 0.3) is 0 Å². The van der Waals surface area contributed by atoms with E-state index in [4.69, 9.17) is 14.2 Å². The Hall–Kier alpha value is -3.19.